The molecule has 1 aromatic carbocycles. The van der Waals surface area contributed by atoms with E-state index in [1.165, 1.54) is 5.56 Å². The van der Waals surface area contributed by atoms with Crippen molar-refractivity contribution in [2.24, 2.45) is 0 Å². The summed E-state index contributed by atoms with van der Waals surface area (Å²) in [6.07, 6.45) is 1.56. The molecule has 1 rings (SSSR count). The Kier molecular flexibility index (Phi) is 5.01. The zero-order valence-corrected chi connectivity index (χ0v) is 11.5. The number of hydrogen-bond acceptors (Lipinski definition) is 2. The Bertz CT molecular complexity index is 343. The third-order valence-corrected chi connectivity index (χ3v) is 3.51. The summed E-state index contributed by atoms with van der Waals surface area (Å²) >= 11 is 0. The average Bonchev–Trinajstić information content (AvgIpc) is 2.36. The molecular formula is C15H25NO. The third-order valence-electron chi connectivity index (χ3n) is 3.51. The van der Waals surface area contributed by atoms with Gasteiger partial charge in [-0.1, -0.05) is 45.9 Å². The van der Waals surface area contributed by atoms with Crippen molar-refractivity contribution in [1.29, 1.82) is 0 Å². The first-order valence-electron chi connectivity index (χ1n) is 6.57. The molecule has 96 valence electrons. The molecule has 0 spiro atoms. The van der Waals surface area contributed by atoms with Crippen LogP contribution in [0.25, 0.3) is 0 Å². The second kappa shape index (κ2) is 6.06. The zero-order chi connectivity index (χ0) is 12.9. The number of benzene rings is 1. The van der Waals surface area contributed by atoms with Crippen LogP contribution in [0.3, 0.4) is 0 Å². The van der Waals surface area contributed by atoms with Crippen LogP contribution in [-0.2, 0) is 0 Å². The fraction of sp³-hybridized carbons (Fsp3) is 0.600. The van der Waals surface area contributed by atoms with E-state index in [0.717, 1.165) is 18.5 Å². The van der Waals surface area contributed by atoms with Crippen molar-refractivity contribution in [2.75, 3.05) is 11.9 Å². The third kappa shape index (κ3) is 3.74. The van der Waals surface area contributed by atoms with Crippen molar-refractivity contribution >= 4 is 5.69 Å². The Morgan fingerprint density at radius 2 is 1.76 bits per heavy atom. The van der Waals surface area contributed by atoms with Gasteiger partial charge in [-0.2, -0.15) is 0 Å². The van der Waals surface area contributed by atoms with Crippen LogP contribution in [0.1, 0.15) is 52.0 Å². The maximum atomic E-state index is 10.3. The van der Waals surface area contributed by atoms with Crippen molar-refractivity contribution < 1.29 is 5.11 Å². The topological polar surface area (TPSA) is 32.3 Å². The van der Waals surface area contributed by atoms with Crippen LogP contribution < -0.4 is 5.32 Å². The minimum Gasteiger partial charge on any atom is -0.388 e. The van der Waals surface area contributed by atoms with Gasteiger partial charge >= 0.3 is 0 Å². The normalized spacial score (nSPS) is 11.9. The highest BCUT2D eigenvalue weighted by molar-refractivity contribution is 5.52. The Labute approximate surface area is 105 Å². The van der Waals surface area contributed by atoms with Gasteiger partial charge in [0.2, 0.25) is 0 Å². The van der Waals surface area contributed by atoms with E-state index in [-0.39, 0.29) is 0 Å². The van der Waals surface area contributed by atoms with E-state index in [1.54, 1.807) is 0 Å². The molecule has 0 aliphatic heterocycles. The van der Waals surface area contributed by atoms with Crippen LogP contribution in [0.5, 0.6) is 0 Å². The van der Waals surface area contributed by atoms with Gasteiger partial charge in [-0.05, 0) is 30.4 Å². The van der Waals surface area contributed by atoms with Crippen molar-refractivity contribution in [3.05, 3.63) is 29.8 Å². The molecule has 0 amide bonds. The lowest BCUT2D eigenvalue weighted by Gasteiger charge is -2.27. The summed E-state index contributed by atoms with van der Waals surface area (Å²) in [6.45, 7) is 9.04. The van der Waals surface area contributed by atoms with Gasteiger partial charge in [-0.3, -0.25) is 0 Å². The van der Waals surface area contributed by atoms with Gasteiger partial charge in [0.15, 0.2) is 0 Å². The molecule has 0 aromatic heterocycles. The summed E-state index contributed by atoms with van der Waals surface area (Å²) in [7, 11) is 0. The lowest BCUT2D eigenvalue weighted by atomic mass is 9.96. The maximum absolute atomic E-state index is 10.3. The van der Waals surface area contributed by atoms with E-state index >= 15 is 0 Å². The molecule has 2 heteroatoms. The van der Waals surface area contributed by atoms with Crippen LogP contribution >= 0.6 is 0 Å². The predicted molar refractivity (Wildman–Crippen MR) is 74.6 cm³/mol. The first-order chi connectivity index (χ1) is 8.02. The number of nitrogens with one attached hydrogen (secondary N) is 1. The molecular weight excluding hydrogens is 210 g/mol. The Morgan fingerprint density at radius 3 is 2.29 bits per heavy atom. The van der Waals surface area contributed by atoms with E-state index in [0.29, 0.717) is 12.5 Å². The van der Waals surface area contributed by atoms with E-state index in [2.05, 4.69) is 37.4 Å². The van der Waals surface area contributed by atoms with Crippen LogP contribution in [-0.4, -0.2) is 17.3 Å². The molecule has 0 heterocycles. The summed E-state index contributed by atoms with van der Waals surface area (Å²) in [4.78, 5) is 0. The molecule has 0 aliphatic rings. The fourth-order valence-corrected chi connectivity index (χ4v) is 1.92. The summed E-state index contributed by atoms with van der Waals surface area (Å²) in [5.41, 5.74) is 1.86. The molecule has 0 aliphatic carbocycles. The number of hydrogen-bond donors (Lipinski definition) is 2. The van der Waals surface area contributed by atoms with Crippen molar-refractivity contribution in [2.45, 2.75) is 52.1 Å². The molecule has 17 heavy (non-hydrogen) atoms. The average molecular weight is 235 g/mol. The highest BCUT2D eigenvalue weighted by atomic mass is 16.3. The molecule has 0 bridgehead atoms. The number of aliphatic hydroxyl groups is 1. The standard InChI is InChI=1S/C15H25NO/c1-5-15(17,6-2)11-16-14-10-8-7-9-13(14)12(3)4/h7-10,12,16-17H,5-6,11H2,1-4H3. The smallest absolute Gasteiger partial charge is 0.0814 e. The van der Waals surface area contributed by atoms with E-state index in [1.807, 2.05) is 19.9 Å². The van der Waals surface area contributed by atoms with Crippen LogP contribution in [0.2, 0.25) is 0 Å². The van der Waals surface area contributed by atoms with Gasteiger partial charge in [0.1, 0.15) is 0 Å². The minimum atomic E-state index is -0.593. The number of rotatable bonds is 6. The highest BCUT2D eigenvalue weighted by Gasteiger charge is 2.22. The predicted octanol–water partition coefficient (Wildman–Crippen LogP) is 3.77. The summed E-state index contributed by atoms with van der Waals surface area (Å²) in [5, 5.41) is 13.6. The molecule has 1 aromatic rings. The van der Waals surface area contributed by atoms with Gasteiger partial charge in [0, 0.05) is 12.2 Å². The quantitative estimate of drug-likeness (QED) is 0.786. The molecule has 2 nitrogen and oxygen atoms in total. The molecule has 0 radical (unpaired) electrons. The Hall–Kier alpha value is -1.02. The second-order valence-corrected chi connectivity index (χ2v) is 5.03. The number of para-hydroxylation sites is 1. The Morgan fingerprint density at radius 1 is 1.18 bits per heavy atom. The van der Waals surface area contributed by atoms with Crippen molar-refractivity contribution in [1.82, 2.24) is 0 Å². The maximum Gasteiger partial charge on any atom is 0.0814 e. The molecule has 0 saturated carbocycles. The lowest BCUT2D eigenvalue weighted by Crippen LogP contribution is -2.35. The molecule has 0 fully saturated rings. The van der Waals surface area contributed by atoms with Gasteiger partial charge < -0.3 is 10.4 Å². The van der Waals surface area contributed by atoms with Gasteiger partial charge in [0.25, 0.3) is 0 Å². The van der Waals surface area contributed by atoms with Crippen LogP contribution in [0, 0.1) is 0 Å². The van der Waals surface area contributed by atoms with Gasteiger partial charge in [-0.15, -0.1) is 0 Å². The van der Waals surface area contributed by atoms with E-state index in [9.17, 15) is 5.11 Å². The lowest BCUT2D eigenvalue weighted by molar-refractivity contribution is 0.0457. The molecule has 0 atom stereocenters. The first-order valence-corrected chi connectivity index (χ1v) is 6.57. The largest absolute Gasteiger partial charge is 0.388 e. The SMILES string of the molecule is CCC(O)(CC)CNc1ccccc1C(C)C. The second-order valence-electron chi connectivity index (χ2n) is 5.03. The summed E-state index contributed by atoms with van der Waals surface area (Å²) < 4.78 is 0. The fourth-order valence-electron chi connectivity index (χ4n) is 1.92. The minimum absolute atomic E-state index is 0.495. The molecule has 0 saturated heterocycles. The van der Waals surface area contributed by atoms with Gasteiger partial charge in [-0.25, -0.2) is 0 Å². The van der Waals surface area contributed by atoms with Crippen molar-refractivity contribution in [3.8, 4) is 0 Å². The number of anilines is 1. The van der Waals surface area contributed by atoms with E-state index < -0.39 is 5.60 Å². The molecule has 0 unspecified atom stereocenters. The molecule has 2 N–H and O–H groups in total. The highest BCUT2D eigenvalue weighted by Crippen LogP contribution is 2.25. The monoisotopic (exact) mass is 235 g/mol. The summed E-state index contributed by atoms with van der Waals surface area (Å²) in [6, 6.07) is 8.32. The van der Waals surface area contributed by atoms with Crippen LogP contribution in [0.15, 0.2) is 24.3 Å². The van der Waals surface area contributed by atoms with Gasteiger partial charge in [0.05, 0.1) is 5.60 Å². The summed E-state index contributed by atoms with van der Waals surface area (Å²) in [5.74, 6) is 0.495. The van der Waals surface area contributed by atoms with Crippen molar-refractivity contribution in [3.63, 3.8) is 0 Å². The van der Waals surface area contributed by atoms with Crippen LogP contribution in [0.4, 0.5) is 5.69 Å². The zero-order valence-electron chi connectivity index (χ0n) is 11.5. The van der Waals surface area contributed by atoms with E-state index in [4.69, 9.17) is 0 Å². The first kappa shape index (κ1) is 14.0. The Balaban J connectivity index is 2.75.